The number of hydrogen-bond donors (Lipinski definition) is 6. The van der Waals surface area contributed by atoms with Crippen LogP contribution >= 0.6 is 35.4 Å². The van der Waals surface area contributed by atoms with Crippen molar-refractivity contribution >= 4 is 69.9 Å². The molecule has 13 nitrogen and oxygen atoms in total. The summed E-state index contributed by atoms with van der Waals surface area (Å²) in [6.45, 7) is 2.74. The van der Waals surface area contributed by atoms with Crippen molar-refractivity contribution in [1.82, 2.24) is 5.32 Å². The van der Waals surface area contributed by atoms with Gasteiger partial charge in [-0.15, -0.1) is 0 Å². The summed E-state index contributed by atoms with van der Waals surface area (Å²) in [7, 11) is 1.78. The summed E-state index contributed by atoms with van der Waals surface area (Å²) >= 11 is 17.2. The average Bonchev–Trinajstić information content (AvgIpc) is 3.47. The van der Waals surface area contributed by atoms with Crippen LogP contribution in [0.15, 0.2) is 91.0 Å². The standard InChI is InChI=1S/C21H15NO5.C20H22Cl2N2O5S/c1-22-11-2-5-15-14(8-11)20(25)27-21(15)16-6-3-12(23)9-18(16)26-19-10-13(24)4-7-17(19)21;21-16-11-14(24-18-4-2-1-3-15(18)20(25)26)12-17(22)19(16)29-10-9-28-8-7-27-6-5-23-13-30/h2-10,22-24H,1H3;1-4,11-13,24H,5-10H2,(H,23,30)(H,25,26). The van der Waals surface area contributed by atoms with Gasteiger partial charge in [-0.05, 0) is 60.7 Å². The van der Waals surface area contributed by atoms with Crippen LogP contribution in [0.25, 0.3) is 0 Å². The third-order valence-corrected chi connectivity index (χ3v) is 9.55. The first-order valence-corrected chi connectivity index (χ1v) is 18.7. The van der Waals surface area contributed by atoms with Crippen molar-refractivity contribution in [3.8, 4) is 28.7 Å². The van der Waals surface area contributed by atoms with Crippen LogP contribution in [0.4, 0.5) is 17.1 Å². The van der Waals surface area contributed by atoms with E-state index in [-0.39, 0.29) is 23.7 Å². The van der Waals surface area contributed by atoms with Gasteiger partial charge in [-0.2, -0.15) is 0 Å². The molecule has 0 atom stereocenters. The minimum Gasteiger partial charge on any atom is -0.508 e. The molecule has 2 aliphatic rings. The van der Waals surface area contributed by atoms with Crippen LogP contribution in [0, 0.1) is 0 Å². The number of phenols is 2. The summed E-state index contributed by atoms with van der Waals surface area (Å²) in [4.78, 5) is 24.1. The molecule has 2 heterocycles. The Morgan fingerprint density at radius 3 is 2.05 bits per heavy atom. The van der Waals surface area contributed by atoms with Crippen molar-refractivity contribution in [2.75, 3.05) is 57.3 Å². The molecule has 5 aromatic carbocycles. The number of aromatic carboxylic acids is 1. The molecule has 296 valence electrons. The Hall–Kier alpha value is -5.77. The number of carboxylic acid groups (broad SMARTS) is 1. The number of thiocarbonyl (C=S) groups is 1. The summed E-state index contributed by atoms with van der Waals surface area (Å²) in [5.74, 6) is -0.348. The van der Waals surface area contributed by atoms with Gasteiger partial charge in [0, 0.05) is 53.8 Å². The predicted molar refractivity (Wildman–Crippen MR) is 220 cm³/mol. The smallest absolute Gasteiger partial charge is 0.340 e. The Bertz CT molecular complexity index is 2220. The van der Waals surface area contributed by atoms with E-state index in [9.17, 15) is 24.9 Å². The number of carbonyl (C=O) groups excluding carboxylic acids is 1. The second-order valence-electron chi connectivity index (χ2n) is 12.4. The van der Waals surface area contributed by atoms with Gasteiger partial charge in [0.1, 0.15) is 29.6 Å². The van der Waals surface area contributed by atoms with Crippen LogP contribution in [-0.4, -0.2) is 79.4 Å². The van der Waals surface area contributed by atoms with E-state index >= 15 is 0 Å². The van der Waals surface area contributed by atoms with Gasteiger partial charge in [0.2, 0.25) is 0 Å². The van der Waals surface area contributed by atoms with Crippen molar-refractivity contribution in [3.05, 3.63) is 129 Å². The fourth-order valence-corrected chi connectivity index (χ4v) is 6.99. The molecule has 0 bridgehead atoms. The van der Waals surface area contributed by atoms with E-state index in [0.717, 1.165) is 5.69 Å². The quantitative estimate of drug-likeness (QED) is 0.0339. The van der Waals surface area contributed by atoms with Gasteiger partial charge in [-0.3, -0.25) is 0 Å². The highest BCUT2D eigenvalue weighted by atomic mass is 35.5. The zero-order chi connectivity index (χ0) is 40.5. The predicted octanol–water partition coefficient (Wildman–Crippen LogP) is 8.10. The molecule has 5 aromatic rings. The summed E-state index contributed by atoms with van der Waals surface area (Å²) in [5.41, 5.74) is 4.53. The van der Waals surface area contributed by atoms with Crippen LogP contribution in [0.1, 0.15) is 37.4 Å². The van der Waals surface area contributed by atoms with E-state index in [2.05, 4.69) is 28.2 Å². The van der Waals surface area contributed by atoms with Crippen molar-refractivity contribution < 1.29 is 48.6 Å². The monoisotopic (exact) mass is 833 g/mol. The number of carbonyl (C=O) groups is 2. The Kier molecular flexibility index (Phi) is 13.2. The Labute approximate surface area is 343 Å². The molecule has 0 saturated carbocycles. The summed E-state index contributed by atoms with van der Waals surface area (Å²) in [6, 6.07) is 24.6. The molecule has 0 unspecified atom stereocenters. The number of halogens is 2. The topological polar surface area (TPSA) is 177 Å². The second kappa shape index (κ2) is 18.4. The van der Waals surface area contributed by atoms with E-state index < -0.39 is 17.5 Å². The molecule has 0 fully saturated rings. The number of nitrogens with one attached hydrogen (secondary N) is 3. The molecule has 16 heteroatoms. The number of fused-ring (bicyclic) bond motifs is 6. The van der Waals surface area contributed by atoms with Crippen molar-refractivity contribution in [2.45, 2.75) is 5.60 Å². The number of rotatable bonds is 15. The molecule has 1 spiro atoms. The van der Waals surface area contributed by atoms with E-state index in [0.29, 0.717) is 93.9 Å². The number of ether oxygens (including phenoxy) is 5. The third kappa shape index (κ3) is 9.11. The summed E-state index contributed by atoms with van der Waals surface area (Å²) < 4.78 is 28.3. The van der Waals surface area contributed by atoms with Gasteiger partial charge in [-0.25, -0.2) is 9.59 Å². The molecule has 2 aliphatic heterocycles. The normalized spacial score (nSPS) is 12.8. The molecular formula is C41H37Cl2N3O10S. The molecule has 6 N–H and O–H groups in total. The Morgan fingerprint density at radius 1 is 0.807 bits per heavy atom. The number of benzene rings is 5. The van der Waals surface area contributed by atoms with Crippen molar-refractivity contribution in [3.63, 3.8) is 0 Å². The maximum absolute atomic E-state index is 12.8. The van der Waals surface area contributed by atoms with Crippen LogP contribution < -0.4 is 25.4 Å². The SMILES string of the molecule is CNc1ccc2c(c1)C(=O)OC21c2ccc(O)cc2Oc2cc(O)ccc21.O=C(O)c1ccccc1Nc1cc(Cl)c(OCCOCCOCCNC=S)c(Cl)c1. The van der Waals surface area contributed by atoms with E-state index in [1.54, 1.807) is 55.6 Å². The molecule has 7 rings (SSSR count). The molecule has 0 saturated heterocycles. The molecule has 57 heavy (non-hydrogen) atoms. The lowest BCUT2D eigenvalue weighted by Gasteiger charge is -2.36. The fraction of sp³-hybridized carbons (Fsp3) is 0.195. The molecule has 0 radical (unpaired) electrons. The van der Waals surface area contributed by atoms with Gasteiger partial charge < -0.3 is 55.0 Å². The van der Waals surface area contributed by atoms with Gasteiger partial charge >= 0.3 is 11.9 Å². The third-order valence-electron chi connectivity index (χ3n) is 8.82. The lowest BCUT2D eigenvalue weighted by molar-refractivity contribution is 0.0224. The average molecular weight is 835 g/mol. The zero-order valence-corrected chi connectivity index (χ0v) is 32.7. The maximum atomic E-state index is 12.8. The number of hydrogen-bond acceptors (Lipinski definition) is 12. The maximum Gasteiger partial charge on any atom is 0.340 e. The van der Waals surface area contributed by atoms with Gasteiger partial charge in [-0.1, -0.05) is 53.6 Å². The van der Waals surface area contributed by atoms with E-state index in [1.807, 2.05) is 12.1 Å². The minimum absolute atomic E-state index is 0.0302. The first kappa shape index (κ1) is 40.9. The zero-order valence-electron chi connectivity index (χ0n) is 30.3. The van der Waals surface area contributed by atoms with Gasteiger partial charge in [0.05, 0.1) is 58.8 Å². The van der Waals surface area contributed by atoms with Gasteiger partial charge in [0.25, 0.3) is 0 Å². The van der Waals surface area contributed by atoms with Crippen molar-refractivity contribution in [1.29, 1.82) is 0 Å². The van der Waals surface area contributed by atoms with Crippen LogP contribution in [0.5, 0.6) is 28.7 Å². The molecule has 0 aliphatic carbocycles. The van der Waals surface area contributed by atoms with E-state index in [1.165, 1.54) is 35.8 Å². The summed E-state index contributed by atoms with van der Waals surface area (Å²) in [6.07, 6.45) is 0. The largest absolute Gasteiger partial charge is 0.508 e. The number of carboxylic acids is 1. The molecule has 0 aromatic heterocycles. The fourth-order valence-electron chi connectivity index (χ4n) is 6.28. The lowest BCUT2D eigenvalue weighted by atomic mass is 9.77. The highest BCUT2D eigenvalue weighted by molar-refractivity contribution is 7.78. The number of esters is 1. The summed E-state index contributed by atoms with van der Waals surface area (Å²) in [5, 5.41) is 38.6. The number of aromatic hydroxyl groups is 2. The number of para-hydroxylation sites is 1. The first-order chi connectivity index (χ1) is 27.5. The Balaban J connectivity index is 0.000000193. The highest BCUT2D eigenvalue weighted by Crippen LogP contribution is 2.57. The van der Waals surface area contributed by atoms with Gasteiger partial charge in [0.15, 0.2) is 11.4 Å². The first-order valence-electron chi connectivity index (χ1n) is 17.5. The lowest BCUT2D eigenvalue weighted by Crippen LogP contribution is -2.32. The van der Waals surface area contributed by atoms with E-state index in [4.69, 9.17) is 46.9 Å². The van der Waals surface area contributed by atoms with Crippen LogP contribution in [0.2, 0.25) is 10.0 Å². The molecule has 0 amide bonds. The Morgan fingerprint density at radius 2 is 1.42 bits per heavy atom. The van der Waals surface area contributed by atoms with Crippen LogP contribution in [-0.2, 0) is 19.8 Å². The minimum atomic E-state index is -1.21. The second-order valence-corrected chi connectivity index (χ2v) is 13.5. The number of phenolic OH excluding ortho intramolecular Hbond substituents is 2. The van der Waals surface area contributed by atoms with Crippen LogP contribution in [0.3, 0.4) is 0 Å². The van der Waals surface area contributed by atoms with Crippen molar-refractivity contribution in [2.24, 2.45) is 0 Å². The highest BCUT2D eigenvalue weighted by Gasteiger charge is 2.53. The number of anilines is 3. The molecular weight excluding hydrogens is 797 g/mol.